The zero-order valence-corrected chi connectivity index (χ0v) is 11.7. The van der Waals surface area contributed by atoms with Crippen molar-refractivity contribution in [2.45, 2.75) is 31.7 Å². The van der Waals surface area contributed by atoms with Crippen molar-refractivity contribution >= 4 is 11.6 Å². The van der Waals surface area contributed by atoms with Crippen LogP contribution in [0.15, 0.2) is 18.2 Å². The molecule has 0 saturated heterocycles. The number of carbonyl (C=O) groups is 1. The van der Waals surface area contributed by atoms with Gasteiger partial charge in [-0.2, -0.15) is 5.21 Å². The first-order valence-electron chi connectivity index (χ1n) is 6.98. The molecule has 9 nitrogen and oxygen atoms in total. The van der Waals surface area contributed by atoms with Gasteiger partial charge >= 0.3 is 0 Å². The topological polar surface area (TPSA) is 127 Å². The SMILES string of the molecule is O=C(NC1CCCC1)c1ccc([N+](=O)[O-])cc1-c1nn[nH]n1. The zero-order chi connectivity index (χ0) is 15.5. The molecule has 1 aliphatic rings. The molecule has 0 atom stereocenters. The smallest absolute Gasteiger partial charge is 0.270 e. The first-order chi connectivity index (χ1) is 10.6. The van der Waals surface area contributed by atoms with E-state index in [2.05, 4.69) is 25.9 Å². The Morgan fingerprint density at radius 2 is 2.14 bits per heavy atom. The van der Waals surface area contributed by atoms with Gasteiger partial charge < -0.3 is 5.32 Å². The summed E-state index contributed by atoms with van der Waals surface area (Å²) >= 11 is 0. The highest BCUT2D eigenvalue weighted by Crippen LogP contribution is 2.26. The number of non-ortho nitro benzene ring substituents is 1. The van der Waals surface area contributed by atoms with Crippen LogP contribution in [0, 0.1) is 10.1 Å². The summed E-state index contributed by atoms with van der Waals surface area (Å²) in [6.45, 7) is 0. The van der Waals surface area contributed by atoms with Crippen molar-refractivity contribution in [3.05, 3.63) is 33.9 Å². The second kappa shape index (κ2) is 5.88. The number of nitrogens with zero attached hydrogens (tertiary/aromatic N) is 4. The van der Waals surface area contributed by atoms with Crippen molar-refractivity contribution in [2.75, 3.05) is 0 Å². The molecule has 114 valence electrons. The van der Waals surface area contributed by atoms with Crippen LogP contribution in [0.3, 0.4) is 0 Å². The summed E-state index contributed by atoms with van der Waals surface area (Å²) in [4.78, 5) is 22.8. The normalized spacial score (nSPS) is 14.9. The van der Waals surface area contributed by atoms with E-state index in [0.717, 1.165) is 25.7 Å². The van der Waals surface area contributed by atoms with E-state index >= 15 is 0 Å². The number of benzene rings is 1. The van der Waals surface area contributed by atoms with Crippen LogP contribution < -0.4 is 5.32 Å². The maximum atomic E-state index is 12.4. The van der Waals surface area contributed by atoms with Crippen LogP contribution in [0.2, 0.25) is 0 Å². The minimum absolute atomic E-state index is 0.128. The summed E-state index contributed by atoms with van der Waals surface area (Å²) in [6.07, 6.45) is 4.11. The van der Waals surface area contributed by atoms with Crippen molar-refractivity contribution in [1.29, 1.82) is 0 Å². The van der Waals surface area contributed by atoms with Crippen molar-refractivity contribution in [2.24, 2.45) is 0 Å². The van der Waals surface area contributed by atoms with Gasteiger partial charge in [0.2, 0.25) is 5.82 Å². The van der Waals surface area contributed by atoms with Gasteiger partial charge in [0.05, 0.1) is 10.5 Å². The number of nitro benzene ring substituents is 1. The Hall–Kier alpha value is -2.84. The molecule has 2 aromatic rings. The molecule has 1 aliphatic carbocycles. The number of nitrogens with one attached hydrogen (secondary N) is 2. The highest BCUT2D eigenvalue weighted by Gasteiger charge is 2.23. The molecule has 1 aromatic heterocycles. The summed E-state index contributed by atoms with van der Waals surface area (Å²) in [5, 5.41) is 27.2. The molecule has 22 heavy (non-hydrogen) atoms. The average Bonchev–Trinajstić information content (AvgIpc) is 3.19. The Morgan fingerprint density at radius 3 is 2.77 bits per heavy atom. The predicted molar refractivity (Wildman–Crippen MR) is 76.0 cm³/mol. The number of aromatic amines is 1. The molecule has 0 aliphatic heterocycles. The molecular formula is C13H14N6O3. The maximum absolute atomic E-state index is 12.4. The second-order valence-electron chi connectivity index (χ2n) is 5.18. The molecule has 1 heterocycles. The molecule has 2 N–H and O–H groups in total. The van der Waals surface area contributed by atoms with Crippen LogP contribution in [0.25, 0.3) is 11.4 Å². The number of aromatic nitrogens is 4. The number of H-pyrrole nitrogens is 1. The van der Waals surface area contributed by atoms with E-state index in [9.17, 15) is 14.9 Å². The predicted octanol–water partition coefficient (Wildman–Crippen LogP) is 1.45. The van der Waals surface area contributed by atoms with Crippen molar-refractivity contribution < 1.29 is 9.72 Å². The molecule has 1 saturated carbocycles. The van der Waals surface area contributed by atoms with Crippen LogP contribution in [-0.4, -0.2) is 37.5 Å². The summed E-state index contributed by atoms with van der Waals surface area (Å²) in [5.41, 5.74) is 0.467. The van der Waals surface area contributed by atoms with E-state index in [1.54, 1.807) is 0 Å². The van der Waals surface area contributed by atoms with E-state index in [-0.39, 0.29) is 23.5 Å². The number of carbonyl (C=O) groups excluding carboxylic acids is 1. The number of hydrogen-bond acceptors (Lipinski definition) is 6. The van der Waals surface area contributed by atoms with Gasteiger partial charge in [0.1, 0.15) is 0 Å². The molecule has 0 radical (unpaired) electrons. The van der Waals surface area contributed by atoms with Gasteiger partial charge in [0.25, 0.3) is 11.6 Å². The Kier molecular flexibility index (Phi) is 3.77. The lowest BCUT2D eigenvalue weighted by molar-refractivity contribution is -0.384. The quantitative estimate of drug-likeness (QED) is 0.650. The minimum atomic E-state index is -0.526. The molecule has 0 bridgehead atoms. The van der Waals surface area contributed by atoms with Crippen LogP contribution in [-0.2, 0) is 0 Å². The third kappa shape index (κ3) is 2.78. The van der Waals surface area contributed by atoms with Gasteiger partial charge in [-0.05, 0) is 24.1 Å². The van der Waals surface area contributed by atoms with Crippen molar-refractivity contribution in [3.8, 4) is 11.4 Å². The maximum Gasteiger partial charge on any atom is 0.270 e. The third-order valence-electron chi connectivity index (χ3n) is 3.74. The third-order valence-corrected chi connectivity index (χ3v) is 3.74. The second-order valence-corrected chi connectivity index (χ2v) is 5.18. The number of hydrogen-bond donors (Lipinski definition) is 2. The van der Waals surface area contributed by atoms with E-state index in [1.807, 2.05) is 0 Å². The van der Waals surface area contributed by atoms with Gasteiger partial charge in [-0.1, -0.05) is 12.8 Å². The van der Waals surface area contributed by atoms with Gasteiger partial charge in [-0.15, -0.1) is 10.2 Å². The van der Waals surface area contributed by atoms with E-state index in [1.165, 1.54) is 18.2 Å². The Labute approximate surface area is 125 Å². The lowest BCUT2D eigenvalue weighted by atomic mass is 10.0. The summed E-state index contributed by atoms with van der Waals surface area (Å²) in [7, 11) is 0. The lowest BCUT2D eigenvalue weighted by Crippen LogP contribution is -2.32. The highest BCUT2D eigenvalue weighted by molar-refractivity contribution is 6.00. The van der Waals surface area contributed by atoms with Crippen LogP contribution in [0.4, 0.5) is 5.69 Å². The van der Waals surface area contributed by atoms with Gasteiger partial charge in [-0.3, -0.25) is 14.9 Å². The van der Waals surface area contributed by atoms with Crippen LogP contribution in [0.1, 0.15) is 36.0 Å². The molecule has 3 rings (SSSR count). The highest BCUT2D eigenvalue weighted by atomic mass is 16.6. The number of amides is 1. The zero-order valence-electron chi connectivity index (χ0n) is 11.7. The first-order valence-corrected chi connectivity index (χ1v) is 6.98. The molecule has 1 aromatic carbocycles. The Bertz CT molecular complexity index is 694. The molecule has 9 heteroatoms. The summed E-state index contributed by atoms with van der Waals surface area (Å²) < 4.78 is 0. The fourth-order valence-corrected chi connectivity index (χ4v) is 2.64. The van der Waals surface area contributed by atoms with Crippen molar-refractivity contribution in [1.82, 2.24) is 25.9 Å². The molecular weight excluding hydrogens is 288 g/mol. The Balaban J connectivity index is 1.95. The fourth-order valence-electron chi connectivity index (χ4n) is 2.64. The van der Waals surface area contributed by atoms with E-state index in [0.29, 0.717) is 11.1 Å². The van der Waals surface area contributed by atoms with Gasteiger partial charge in [0.15, 0.2) is 0 Å². The fraction of sp³-hybridized carbons (Fsp3) is 0.385. The van der Waals surface area contributed by atoms with Gasteiger partial charge in [-0.25, -0.2) is 0 Å². The summed E-state index contributed by atoms with van der Waals surface area (Å²) in [6, 6.07) is 4.16. The molecule has 1 fully saturated rings. The number of tetrazole rings is 1. The molecule has 0 spiro atoms. The first kappa shape index (κ1) is 14.1. The minimum Gasteiger partial charge on any atom is -0.349 e. The monoisotopic (exact) mass is 302 g/mol. The van der Waals surface area contributed by atoms with Crippen LogP contribution >= 0.6 is 0 Å². The van der Waals surface area contributed by atoms with Crippen molar-refractivity contribution in [3.63, 3.8) is 0 Å². The van der Waals surface area contributed by atoms with Gasteiger partial charge in [0, 0.05) is 23.7 Å². The number of rotatable bonds is 4. The molecule has 1 amide bonds. The van der Waals surface area contributed by atoms with E-state index < -0.39 is 4.92 Å². The Morgan fingerprint density at radius 1 is 1.36 bits per heavy atom. The lowest BCUT2D eigenvalue weighted by Gasteiger charge is -2.13. The molecule has 0 unspecified atom stereocenters. The standard InChI is InChI=1S/C13H14N6O3/c20-13(14-8-3-1-2-4-8)10-6-5-9(19(21)22)7-11(10)12-15-17-18-16-12/h5-8H,1-4H2,(H,14,20)(H,15,16,17,18). The average molecular weight is 302 g/mol. The van der Waals surface area contributed by atoms with Crippen LogP contribution in [0.5, 0.6) is 0 Å². The largest absolute Gasteiger partial charge is 0.349 e. The van der Waals surface area contributed by atoms with E-state index in [4.69, 9.17) is 0 Å². The summed E-state index contributed by atoms with van der Waals surface area (Å²) in [5.74, 6) is -0.123. The number of nitro groups is 1.